The SMILES string of the molecule is COc1cc(C)c(S(=O)(=O)N(CCOCC(=O)N2CCC(O)(c3ccc(Cl)c(C(F)(F)F)c3)CC2)CC(C)C)c(C)c1C. The Morgan fingerprint density at radius 3 is 2.33 bits per heavy atom. The maximum atomic E-state index is 13.8. The van der Waals surface area contributed by atoms with Crippen LogP contribution < -0.4 is 4.74 Å². The van der Waals surface area contributed by atoms with Gasteiger partial charge in [0.2, 0.25) is 15.9 Å². The lowest BCUT2D eigenvalue weighted by Gasteiger charge is -2.38. The number of hydrogen-bond donors (Lipinski definition) is 1. The summed E-state index contributed by atoms with van der Waals surface area (Å²) in [5, 5.41) is 10.6. The van der Waals surface area contributed by atoms with Crippen molar-refractivity contribution in [3.05, 3.63) is 57.1 Å². The third-order valence-electron chi connectivity index (χ3n) is 7.83. The van der Waals surface area contributed by atoms with Crippen molar-refractivity contribution < 1.29 is 41.0 Å². The fraction of sp³-hybridized carbons (Fsp3) is 0.567. The van der Waals surface area contributed by atoms with E-state index in [-0.39, 0.29) is 74.5 Å². The predicted octanol–water partition coefficient (Wildman–Crippen LogP) is 5.47. The molecule has 1 aliphatic rings. The number of carbonyl (C=O) groups excluding carboxylic acids is 1. The van der Waals surface area contributed by atoms with Gasteiger partial charge in [-0.2, -0.15) is 17.5 Å². The number of rotatable bonds is 11. The van der Waals surface area contributed by atoms with Gasteiger partial charge in [-0.15, -0.1) is 0 Å². The van der Waals surface area contributed by atoms with Crippen LogP contribution in [0.25, 0.3) is 0 Å². The van der Waals surface area contributed by atoms with Crippen LogP contribution in [0.4, 0.5) is 13.2 Å². The van der Waals surface area contributed by atoms with Crippen LogP contribution >= 0.6 is 11.6 Å². The number of halogens is 4. The molecule has 8 nitrogen and oxygen atoms in total. The Labute approximate surface area is 256 Å². The Morgan fingerprint density at radius 1 is 1.14 bits per heavy atom. The van der Waals surface area contributed by atoms with E-state index in [0.29, 0.717) is 16.9 Å². The minimum absolute atomic E-state index is 0.0201. The third kappa shape index (κ3) is 8.02. The number of amides is 1. The van der Waals surface area contributed by atoms with Crippen LogP contribution in [0, 0.1) is 26.7 Å². The average molecular weight is 649 g/mol. The Balaban J connectivity index is 1.61. The predicted molar refractivity (Wildman–Crippen MR) is 158 cm³/mol. The van der Waals surface area contributed by atoms with Gasteiger partial charge >= 0.3 is 6.18 Å². The van der Waals surface area contributed by atoms with Crippen LogP contribution in [0.2, 0.25) is 5.02 Å². The third-order valence-corrected chi connectivity index (χ3v) is 10.3. The molecule has 3 rings (SSSR count). The van der Waals surface area contributed by atoms with E-state index in [1.54, 1.807) is 19.9 Å². The number of piperidine rings is 1. The highest BCUT2D eigenvalue weighted by molar-refractivity contribution is 7.89. The highest BCUT2D eigenvalue weighted by Crippen LogP contribution is 2.40. The number of alkyl halides is 3. The van der Waals surface area contributed by atoms with Gasteiger partial charge in [0.15, 0.2) is 0 Å². The summed E-state index contributed by atoms with van der Waals surface area (Å²) in [6.45, 7) is 9.33. The molecule has 1 heterocycles. The van der Waals surface area contributed by atoms with Gasteiger partial charge in [0.1, 0.15) is 12.4 Å². The molecule has 0 spiro atoms. The molecule has 1 N–H and O–H groups in total. The van der Waals surface area contributed by atoms with Gasteiger partial charge in [-0.1, -0.05) is 31.5 Å². The number of aryl methyl sites for hydroxylation is 1. The maximum Gasteiger partial charge on any atom is 0.417 e. The van der Waals surface area contributed by atoms with Crippen molar-refractivity contribution >= 4 is 27.5 Å². The number of sulfonamides is 1. The topological polar surface area (TPSA) is 96.4 Å². The molecule has 1 saturated heterocycles. The van der Waals surface area contributed by atoms with E-state index < -0.39 is 32.4 Å². The van der Waals surface area contributed by atoms with Crippen molar-refractivity contribution in [1.82, 2.24) is 9.21 Å². The molecular weight excluding hydrogens is 609 g/mol. The lowest BCUT2D eigenvalue weighted by atomic mass is 9.83. The van der Waals surface area contributed by atoms with Crippen molar-refractivity contribution in [3.8, 4) is 5.75 Å². The first kappa shape index (κ1) is 35.1. The lowest BCUT2D eigenvalue weighted by Crippen LogP contribution is -2.46. The van der Waals surface area contributed by atoms with E-state index >= 15 is 0 Å². The first-order valence-corrected chi connectivity index (χ1v) is 15.8. The number of carbonyl (C=O) groups is 1. The number of hydrogen-bond acceptors (Lipinski definition) is 6. The van der Waals surface area contributed by atoms with Gasteiger partial charge in [0.25, 0.3) is 0 Å². The fourth-order valence-electron chi connectivity index (χ4n) is 5.34. The Morgan fingerprint density at radius 2 is 1.77 bits per heavy atom. The van der Waals surface area contributed by atoms with E-state index in [4.69, 9.17) is 21.1 Å². The second-order valence-corrected chi connectivity index (χ2v) is 13.7. The number of methoxy groups -OCH3 is 1. The second-order valence-electron chi connectivity index (χ2n) is 11.4. The summed E-state index contributed by atoms with van der Waals surface area (Å²) in [4.78, 5) is 14.5. The van der Waals surface area contributed by atoms with E-state index in [1.165, 1.54) is 22.4 Å². The molecule has 0 unspecified atom stereocenters. The zero-order valence-electron chi connectivity index (χ0n) is 25.3. The second kappa shape index (κ2) is 13.7. The molecule has 0 radical (unpaired) electrons. The maximum absolute atomic E-state index is 13.8. The molecule has 43 heavy (non-hydrogen) atoms. The van der Waals surface area contributed by atoms with Crippen LogP contribution in [-0.4, -0.2) is 75.1 Å². The van der Waals surface area contributed by atoms with Crippen molar-refractivity contribution in [1.29, 1.82) is 0 Å². The monoisotopic (exact) mass is 648 g/mol. The lowest BCUT2D eigenvalue weighted by molar-refractivity contribution is -0.140. The van der Waals surface area contributed by atoms with Crippen molar-refractivity contribution in [2.24, 2.45) is 5.92 Å². The number of benzene rings is 2. The largest absolute Gasteiger partial charge is 0.496 e. The quantitative estimate of drug-likeness (QED) is 0.325. The van der Waals surface area contributed by atoms with E-state index in [9.17, 15) is 31.5 Å². The molecule has 0 aromatic heterocycles. The van der Waals surface area contributed by atoms with Gasteiger partial charge in [-0.3, -0.25) is 4.79 Å². The van der Waals surface area contributed by atoms with E-state index in [1.807, 2.05) is 20.8 Å². The van der Waals surface area contributed by atoms with Crippen LogP contribution in [-0.2, 0) is 31.3 Å². The minimum atomic E-state index is -4.66. The Kier molecular flexibility index (Phi) is 11.2. The van der Waals surface area contributed by atoms with Gasteiger partial charge in [-0.25, -0.2) is 8.42 Å². The van der Waals surface area contributed by atoms with Crippen LogP contribution in [0.15, 0.2) is 29.2 Å². The molecule has 0 bridgehead atoms. The van der Waals surface area contributed by atoms with Crippen molar-refractivity contribution in [2.75, 3.05) is 46.5 Å². The van der Waals surface area contributed by atoms with E-state index in [0.717, 1.165) is 17.7 Å². The van der Waals surface area contributed by atoms with Crippen LogP contribution in [0.3, 0.4) is 0 Å². The molecule has 2 aromatic carbocycles. The minimum Gasteiger partial charge on any atom is -0.496 e. The smallest absolute Gasteiger partial charge is 0.417 e. The normalized spacial score (nSPS) is 15.8. The van der Waals surface area contributed by atoms with Crippen LogP contribution in [0.1, 0.15) is 54.5 Å². The average Bonchev–Trinajstić information content (AvgIpc) is 2.91. The molecule has 1 amide bonds. The molecular formula is C30H40ClF3N2O6S. The first-order valence-electron chi connectivity index (χ1n) is 14.0. The van der Waals surface area contributed by atoms with Crippen molar-refractivity contribution in [2.45, 2.75) is 64.1 Å². The highest BCUT2D eigenvalue weighted by atomic mass is 35.5. The number of nitrogens with zero attached hydrogens (tertiary/aromatic N) is 2. The van der Waals surface area contributed by atoms with E-state index in [2.05, 4.69) is 0 Å². The standard InChI is InChI=1S/C30H40ClF3N2O6S/c1-19(2)17-36(43(39,40)28-20(3)15-26(41-6)21(4)22(28)5)13-14-42-18-27(37)35-11-9-29(38,10-12-35)23-7-8-25(31)24(16-23)30(32,33)34/h7-8,15-16,19,38H,9-14,17-18H2,1-6H3. The zero-order valence-corrected chi connectivity index (χ0v) is 26.9. The molecule has 0 aliphatic carbocycles. The fourth-order valence-corrected chi connectivity index (χ4v) is 7.64. The molecule has 0 saturated carbocycles. The summed E-state index contributed by atoms with van der Waals surface area (Å²) in [6, 6.07) is 5.05. The van der Waals surface area contributed by atoms with Gasteiger partial charge in [-0.05, 0) is 80.0 Å². The summed E-state index contributed by atoms with van der Waals surface area (Å²) >= 11 is 5.71. The van der Waals surface area contributed by atoms with Gasteiger partial charge in [0.05, 0.1) is 34.8 Å². The summed E-state index contributed by atoms with van der Waals surface area (Å²) in [6.07, 6.45) is -4.58. The first-order chi connectivity index (χ1) is 19.9. The molecule has 240 valence electrons. The molecule has 1 fully saturated rings. The Hall–Kier alpha value is -2.38. The Bertz CT molecular complexity index is 1420. The van der Waals surface area contributed by atoms with Crippen molar-refractivity contribution in [3.63, 3.8) is 0 Å². The summed E-state index contributed by atoms with van der Waals surface area (Å²) in [7, 11) is -2.35. The molecule has 13 heteroatoms. The summed E-state index contributed by atoms with van der Waals surface area (Å²) < 4.78 is 79.8. The van der Waals surface area contributed by atoms with Gasteiger partial charge in [0, 0.05) is 26.2 Å². The number of likely N-dealkylation sites (tertiary alicyclic amines) is 1. The molecule has 2 aromatic rings. The summed E-state index contributed by atoms with van der Waals surface area (Å²) in [5.41, 5.74) is -0.541. The van der Waals surface area contributed by atoms with Gasteiger partial charge < -0.3 is 19.5 Å². The number of aliphatic hydroxyl groups is 1. The molecule has 1 aliphatic heterocycles. The highest BCUT2D eigenvalue weighted by Gasteiger charge is 2.39. The number of ether oxygens (including phenoxy) is 2. The summed E-state index contributed by atoms with van der Waals surface area (Å²) in [5.74, 6) is 0.294. The van der Waals surface area contributed by atoms with Crippen LogP contribution in [0.5, 0.6) is 5.75 Å². The molecule has 0 atom stereocenters. The zero-order chi connectivity index (χ0) is 32.3.